The third-order valence-corrected chi connectivity index (χ3v) is 3.48. The molecule has 0 amide bonds. The Labute approximate surface area is 126 Å². The van der Waals surface area contributed by atoms with Crippen LogP contribution in [0, 0.1) is 0 Å². The smallest absolute Gasteiger partial charge is 0.137 e. The molecule has 1 fully saturated rings. The van der Waals surface area contributed by atoms with Gasteiger partial charge in [-0.25, -0.2) is 0 Å². The van der Waals surface area contributed by atoms with E-state index in [-0.39, 0.29) is 30.1 Å². The van der Waals surface area contributed by atoms with E-state index in [1.54, 1.807) is 0 Å². The summed E-state index contributed by atoms with van der Waals surface area (Å²) in [7, 11) is 2.22. The van der Waals surface area contributed by atoms with Crippen LogP contribution in [-0.2, 0) is 0 Å². The molecular weight excluding hydrogens is 341 g/mol. The van der Waals surface area contributed by atoms with Gasteiger partial charge in [-0.3, -0.25) is 0 Å². The minimum Gasteiger partial charge on any atom is -1.00 e. The first-order valence-corrected chi connectivity index (χ1v) is 6.37. The lowest BCUT2D eigenvalue weighted by molar-refractivity contribution is -0.900. The van der Waals surface area contributed by atoms with Crippen molar-refractivity contribution in [3.8, 4) is 5.75 Å². The van der Waals surface area contributed by atoms with Crippen molar-refractivity contribution in [3.63, 3.8) is 0 Å². The Bertz CT molecular complexity index is 339. The van der Waals surface area contributed by atoms with Crippen molar-refractivity contribution >= 4 is 0 Å². The molecule has 18 heavy (non-hydrogen) atoms. The monoisotopic (exact) mass is 363 g/mol. The molecular formula is C14H22INO2. The lowest BCUT2D eigenvalue weighted by Gasteiger charge is -2.31. The van der Waals surface area contributed by atoms with E-state index in [2.05, 4.69) is 7.05 Å². The highest BCUT2D eigenvalue weighted by Crippen LogP contribution is 2.17. The van der Waals surface area contributed by atoms with Crippen LogP contribution in [0.3, 0.4) is 0 Å². The number of hydrogen-bond donors (Lipinski definition) is 1. The number of likely N-dealkylation sites (N-methyl/N-ethyl adjacent to an activating group) is 1. The first kappa shape index (κ1) is 15.7. The van der Waals surface area contributed by atoms with Gasteiger partial charge in [0.15, 0.2) is 0 Å². The lowest BCUT2D eigenvalue weighted by atomic mass is 10.3. The molecule has 1 saturated heterocycles. The molecule has 0 aliphatic carbocycles. The lowest BCUT2D eigenvalue weighted by Crippen LogP contribution is -3.00. The van der Waals surface area contributed by atoms with E-state index in [1.165, 1.54) is 25.9 Å². The van der Waals surface area contributed by atoms with Crippen LogP contribution in [0.2, 0.25) is 0 Å². The summed E-state index contributed by atoms with van der Waals surface area (Å²) in [5.74, 6) is 0.829. The Morgan fingerprint density at radius 2 is 1.83 bits per heavy atom. The Morgan fingerprint density at radius 3 is 2.44 bits per heavy atom. The standard InChI is InChI=1S/C14H22NO2.HI/c1-15(9-5-6-10-15)11-13(16)12-17-14-7-3-2-4-8-14;/h2-4,7-8,13,16H,5-6,9-12H2,1H3;1H/q+1;/p-1. The van der Waals surface area contributed by atoms with Crippen molar-refractivity contribution in [2.24, 2.45) is 0 Å². The van der Waals surface area contributed by atoms with Gasteiger partial charge in [0.25, 0.3) is 0 Å². The van der Waals surface area contributed by atoms with Crippen molar-refractivity contribution in [1.29, 1.82) is 0 Å². The number of hydrogen-bond acceptors (Lipinski definition) is 2. The SMILES string of the molecule is C[N+]1(CC(O)COc2ccccc2)CCCC1.[I-]. The maximum absolute atomic E-state index is 10.00. The maximum Gasteiger partial charge on any atom is 0.137 e. The molecule has 1 heterocycles. The zero-order valence-corrected chi connectivity index (χ0v) is 13.0. The summed E-state index contributed by atoms with van der Waals surface area (Å²) < 4.78 is 6.55. The van der Waals surface area contributed by atoms with Gasteiger partial charge in [0.05, 0.1) is 20.1 Å². The zero-order chi connectivity index (χ0) is 12.1. The molecule has 102 valence electrons. The van der Waals surface area contributed by atoms with E-state index >= 15 is 0 Å². The Morgan fingerprint density at radius 1 is 1.22 bits per heavy atom. The number of aliphatic hydroxyl groups is 1. The highest BCUT2D eigenvalue weighted by atomic mass is 127. The summed E-state index contributed by atoms with van der Waals surface area (Å²) in [6.45, 7) is 3.55. The summed E-state index contributed by atoms with van der Waals surface area (Å²) in [6, 6.07) is 9.67. The average Bonchev–Trinajstić information content (AvgIpc) is 2.74. The number of ether oxygens (including phenoxy) is 1. The summed E-state index contributed by atoms with van der Waals surface area (Å²) in [4.78, 5) is 0. The molecule has 1 N–H and O–H groups in total. The molecule has 1 aliphatic heterocycles. The quantitative estimate of drug-likeness (QED) is 0.519. The minimum atomic E-state index is -0.377. The first-order valence-electron chi connectivity index (χ1n) is 6.37. The molecule has 0 aromatic heterocycles. The first-order chi connectivity index (χ1) is 8.18. The van der Waals surface area contributed by atoms with E-state index < -0.39 is 0 Å². The number of nitrogens with zero attached hydrogens (tertiary/aromatic N) is 1. The van der Waals surface area contributed by atoms with Gasteiger partial charge >= 0.3 is 0 Å². The highest BCUT2D eigenvalue weighted by molar-refractivity contribution is 5.20. The molecule has 0 saturated carbocycles. The summed E-state index contributed by atoms with van der Waals surface area (Å²) in [6.07, 6.45) is 2.18. The van der Waals surface area contributed by atoms with Crippen LogP contribution < -0.4 is 28.7 Å². The van der Waals surface area contributed by atoms with Crippen LogP contribution >= 0.6 is 0 Å². The number of rotatable bonds is 5. The molecule has 1 unspecified atom stereocenters. The van der Waals surface area contributed by atoms with Gasteiger partial charge in [0, 0.05) is 12.8 Å². The van der Waals surface area contributed by atoms with Gasteiger partial charge in [0.2, 0.25) is 0 Å². The molecule has 1 atom stereocenters. The molecule has 0 radical (unpaired) electrons. The van der Waals surface area contributed by atoms with Gasteiger partial charge < -0.3 is 38.3 Å². The van der Waals surface area contributed by atoms with E-state index in [0.717, 1.165) is 16.8 Å². The number of aliphatic hydroxyl groups excluding tert-OH is 1. The summed E-state index contributed by atoms with van der Waals surface area (Å²) in [5.41, 5.74) is 0. The van der Waals surface area contributed by atoms with Crippen LogP contribution in [0.1, 0.15) is 12.8 Å². The largest absolute Gasteiger partial charge is 1.00 e. The van der Waals surface area contributed by atoms with E-state index in [9.17, 15) is 5.11 Å². The predicted molar refractivity (Wildman–Crippen MR) is 68.0 cm³/mol. The predicted octanol–water partition coefficient (Wildman–Crippen LogP) is -1.33. The fraction of sp³-hybridized carbons (Fsp3) is 0.571. The molecule has 1 aromatic rings. The summed E-state index contributed by atoms with van der Waals surface area (Å²) in [5, 5.41) is 10.00. The number of quaternary nitrogens is 1. The molecule has 0 bridgehead atoms. The van der Waals surface area contributed by atoms with Crippen molar-refractivity contribution < 1.29 is 38.3 Å². The van der Waals surface area contributed by atoms with Gasteiger partial charge in [-0.2, -0.15) is 0 Å². The van der Waals surface area contributed by atoms with Crippen LogP contribution in [0.25, 0.3) is 0 Å². The van der Waals surface area contributed by atoms with Crippen molar-refractivity contribution in [1.82, 2.24) is 0 Å². The topological polar surface area (TPSA) is 29.5 Å². The minimum absolute atomic E-state index is 0. The van der Waals surface area contributed by atoms with Gasteiger partial charge in [-0.15, -0.1) is 0 Å². The van der Waals surface area contributed by atoms with Gasteiger partial charge in [-0.05, 0) is 12.1 Å². The van der Waals surface area contributed by atoms with Gasteiger partial charge in [0.1, 0.15) is 25.0 Å². The van der Waals surface area contributed by atoms with Crippen LogP contribution in [0.4, 0.5) is 0 Å². The van der Waals surface area contributed by atoms with Crippen molar-refractivity contribution in [2.75, 3.05) is 33.3 Å². The molecule has 3 nitrogen and oxygen atoms in total. The Kier molecular flexibility index (Phi) is 6.38. The van der Waals surface area contributed by atoms with E-state index in [1.807, 2.05) is 30.3 Å². The molecule has 1 aromatic carbocycles. The summed E-state index contributed by atoms with van der Waals surface area (Å²) >= 11 is 0. The third-order valence-electron chi connectivity index (χ3n) is 3.48. The van der Waals surface area contributed by atoms with E-state index in [0.29, 0.717) is 6.61 Å². The van der Waals surface area contributed by atoms with Crippen molar-refractivity contribution in [2.45, 2.75) is 18.9 Å². The second-order valence-corrected chi connectivity index (χ2v) is 5.23. The fourth-order valence-electron chi connectivity index (χ4n) is 2.55. The highest BCUT2D eigenvalue weighted by Gasteiger charge is 2.29. The number of likely N-dealkylation sites (tertiary alicyclic amines) is 1. The Hall–Kier alpha value is -0.330. The molecule has 0 spiro atoms. The van der Waals surface area contributed by atoms with Gasteiger partial charge in [-0.1, -0.05) is 18.2 Å². The number of halogens is 1. The number of para-hydroxylation sites is 1. The molecule has 1 aliphatic rings. The maximum atomic E-state index is 10.00. The second-order valence-electron chi connectivity index (χ2n) is 5.23. The fourth-order valence-corrected chi connectivity index (χ4v) is 2.55. The average molecular weight is 363 g/mol. The molecule has 2 rings (SSSR count). The number of benzene rings is 1. The van der Waals surface area contributed by atoms with Crippen LogP contribution in [-0.4, -0.2) is 49.0 Å². The van der Waals surface area contributed by atoms with Crippen LogP contribution in [0.15, 0.2) is 30.3 Å². The molecule has 4 heteroatoms. The van der Waals surface area contributed by atoms with E-state index in [4.69, 9.17) is 4.74 Å². The Balaban J connectivity index is 0.00000162. The third kappa shape index (κ3) is 4.74. The zero-order valence-electron chi connectivity index (χ0n) is 10.9. The second kappa shape index (κ2) is 7.31. The normalized spacial score (nSPS) is 19.0. The van der Waals surface area contributed by atoms with Crippen molar-refractivity contribution in [3.05, 3.63) is 30.3 Å². The van der Waals surface area contributed by atoms with Crippen LogP contribution in [0.5, 0.6) is 5.75 Å².